The number of hydrogen-bond acceptors (Lipinski definition) is 4. The van der Waals surface area contributed by atoms with Crippen molar-refractivity contribution in [2.75, 3.05) is 11.1 Å². The van der Waals surface area contributed by atoms with E-state index in [0.29, 0.717) is 18.4 Å². The Kier molecular flexibility index (Phi) is 5.01. The number of nitrogens with two attached hydrogens (primary N) is 1. The lowest BCUT2D eigenvalue weighted by Crippen LogP contribution is -2.04. The van der Waals surface area contributed by atoms with Crippen molar-refractivity contribution in [2.24, 2.45) is 0 Å². The van der Waals surface area contributed by atoms with Gasteiger partial charge in [-0.1, -0.05) is 42.5 Å². The van der Waals surface area contributed by atoms with E-state index in [1.54, 1.807) is 4.68 Å². The third-order valence-corrected chi connectivity index (χ3v) is 3.33. The Morgan fingerprint density at radius 3 is 2.45 bits per heavy atom. The number of rotatable bonds is 4. The van der Waals surface area contributed by atoms with Crippen molar-refractivity contribution in [3.05, 3.63) is 65.7 Å². The molecule has 6 heteroatoms. The molecule has 3 rings (SSSR count). The second kappa shape index (κ2) is 6.95. The number of aryl methyl sites for hydroxylation is 1. The van der Waals surface area contributed by atoms with Crippen molar-refractivity contribution in [1.82, 2.24) is 14.8 Å². The van der Waals surface area contributed by atoms with Crippen LogP contribution in [-0.2, 0) is 6.54 Å². The predicted octanol–water partition coefficient (Wildman–Crippen LogP) is 3.19. The number of para-hydroxylation sites is 1. The summed E-state index contributed by atoms with van der Waals surface area (Å²) in [6, 6.07) is 17.9. The van der Waals surface area contributed by atoms with Crippen molar-refractivity contribution in [3.63, 3.8) is 0 Å². The quantitative estimate of drug-likeness (QED) is 0.776. The summed E-state index contributed by atoms with van der Waals surface area (Å²) >= 11 is 0. The maximum atomic E-state index is 5.92. The second-order valence-electron chi connectivity index (χ2n) is 4.82. The summed E-state index contributed by atoms with van der Waals surface area (Å²) in [7, 11) is 0. The van der Waals surface area contributed by atoms with Gasteiger partial charge in [-0.3, -0.25) is 0 Å². The molecular formula is C16H18ClN5. The summed E-state index contributed by atoms with van der Waals surface area (Å²) in [4.78, 5) is 4.25. The number of nitrogen functional groups attached to an aromatic ring is 1. The van der Waals surface area contributed by atoms with E-state index in [4.69, 9.17) is 5.73 Å². The molecule has 0 saturated carbocycles. The number of benzene rings is 2. The molecule has 3 N–H and O–H groups in total. The number of halogens is 1. The van der Waals surface area contributed by atoms with E-state index in [9.17, 15) is 0 Å². The van der Waals surface area contributed by atoms with Gasteiger partial charge in [0.15, 0.2) is 0 Å². The van der Waals surface area contributed by atoms with Crippen LogP contribution in [0.4, 0.5) is 11.9 Å². The average Bonchev–Trinajstić information content (AvgIpc) is 2.88. The molecule has 0 aliphatic rings. The largest absolute Gasteiger partial charge is 0.368 e. The summed E-state index contributed by atoms with van der Waals surface area (Å²) < 4.78 is 1.63. The molecule has 0 saturated heterocycles. The number of nitrogens with one attached hydrogen (secondary N) is 1. The highest BCUT2D eigenvalue weighted by Crippen LogP contribution is 2.14. The van der Waals surface area contributed by atoms with Gasteiger partial charge in [-0.15, -0.1) is 17.5 Å². The van der Waals surface area contributed by atoms with E-state index in [1.807, 2.05) is 42.5 Å². The molecule has 114 valence electrons. The topological polar surface area (TPSA) is 68.8 Å². The van der Waals surface area contributed by atoms with E-state index < -0.39 is 0 Å². The summed E-state index contributed by atoms with van der Waals surface area (Å²) in [5, 5.41) is 7.60. The average molecular weight is 316 g/mol. The molecule has 1 heterocycles. The molecule has 22 heavy (non-hydrogen) atoms. The Morgan fingerprint density at radius 1 is 1.05 bits per heavy atom. The minimum atomic E-state index is 0. The lowest BCUT2D eigenvalue weighted by Gasteiger charge is -2.05. The summed E-state index contributed by atoms with van der Waals surface area (Å²) in [5.74, 6) is 0.896. The van der Waals surface area contributed by atoms with Gasteiger partial charge >= 0.3 is 0 Å². The molecule has 5 nitrogen and oxygen atoms in total. The Hall–Kier alpha value is -2.53. The fourth-order valence-corrected chi connectivity index (χ4v) is 2.14. The van der Waals surface area contributed by atoms with E-state index >= 15 is 0 Å². The second-order valence-corrected chi connectivity index (χ2v) is 4.82. The van der Waals surface area contributed by atoms with E-state index in [-0.39, 0.29) is 12.4 Å². The molecule has 1 aromatic heterocycles. The molecule has 0 fully saturated rings. The fraction of sp³-hybridized carbons (Fsp3) is 0.125. The molecule has 0 bridgehead atoms. The molecule has 2 aromatic carbocycles. The first-order chi connectivity index (χ1) is 10.2. The van der Waals surface area contributed by atoms with Crippen LogP contribution < -0.4 is 11.1 Å². The highest BCUT2D eigenvalue weighted by atomic mass is 35.5. The van der Waals surface area contributed by atoms with Crippen molar-refractivity contribution in [3.8, 4) is 5.69 Å². The molecule has 0 aliphatic carbocycles. The molecule has 0 atom stereocenters. The zero-order chi connectivity index (χ0) is 14.7. The smallest absolute Gasteiger partial charge is 0.244 e. The van der Waals surface area contributed by atoms with Gasteiger partial charge in [0.05, 0.1) is 5.69 Å². The molecule has 0 aliphatic heterocycles. The number of hydrogen-bond donors (Lipinski definition) is 2. The van der Waals surface area contributed by atoms with Crippen LogP contribution >= 0.6 is 12.4 Å². The van der Waals surface area contributed by atoms with Gasteiger partial charge < -0.3 is 11.1 Å². The lowest BCUT2D eigenvalue weighted by atomic mass is 10.1. The normalized spacial score (nSPS) is 10.0. The molecule has 0 amide bonds. The number of nitrogens with zero attached hydrogens (tertiary/aromatic N) is 3. The van der Waals surface area contributed by atoms with E-state index in [2.05, 4.69) is 34.5 Å². The van der Waals surface area contributed by atoms with Crippen molar-refractivity contribution < 1.29 is 0 Å². The third-order valence-electron chi connectivity index (χ3n) is 3.33. The molecule has 3 aromatic rings. The minimum absolute atomic E-state index is 0. The van der Waals surface area contributed by atoms with Crippen LogP contribution in [0.3, 0.4) is 0 Å². The van der Waals surface area contributed by atoms with Crippen LogP contribution in [0.1, 0.15) is 11.1 Å². The Balaban J connectivity index is 0.00000176. The monoisotopic (exact) mass is 315 g/mol. The lowest BCUT2D eigenvalue weighted by molar-refractivity contribution is 0.887. The molecule has 0 radical (unpaired) electrons. The van der Waals surface area contributed by atoms with Gasteiger partial charge in [0.2, 0.25) is 11.9 Å². The Morgan fingerprint density at radius 2 is 1.73 bits per heavy atom. The molecular weight excluding hydrogens is 298 g/mol. The molecule has 0 unspecified atom stereocenters. The van der Waals surface area contributed by atoms with Gasteiger partial charge in [-0.25, -0.2) is 0 Å². The fourth-order valence-electron chi connectivity index (χ4n) is 2.14. The number of aromatic nitrogens is 3. The van der Waals surface area contributed by atoms with Gasteiger partial charge in [0.1, 0.15) is 0 Å². The highest BCUT2D eigenvalue weighted by molar-refractivity contribution is 5.85. The van der Waals surface area contributed by atoms with Crippen LogP contribution in [0, 0.1) is 6.92 Å². The van der Waals surface area contributed by atoms with Crippen molar-refractivity contribution in [1.29, 1.82) is 0 Å². The standard InChI is InChI=1S/C16H17N5.ClH/c1-12-7-5-6-8-13(12)11-18-16-19-15(17)21(20-16)14-9-3-2-4-10-14;/h2-10H,11H2,1H3,(H3,17,18,19,20);1H. The third kappa shape index (κ3) is 3.38. The zero-order valence-electron chi connectivity index (χ0n) is 12.2. The van der Waals surface area contributed by atoms with Crippen molar-refractivity contribution in [2.45, 2.75) is 13.5 Å². The first kappa shape index (κ1) is 15.9. The SMILES string of the molecule is Cc1ccccc1CNc1nc(N)n(-c2ccccc2)n1.Cl. The number of anilines is 2. The predicted molar refractivity (Wildman–Crippen MR) is 91.5 cm³/mol. The Bertz CT molecular complexity index is 739. The van der Waals surface area contributed by atoms with Crippen LogP contribution in [-0.4, -0.2) is 14.8 Å². The van der Waals surface area contributed by atoms with Gasteiger partial charge in [-0.2, -0.15) is 9.67 Å². The molecule has 0 spiro atoms. The van der Waals surface area contributed by atoms with Crippen LogP contribution in [0.15, 0.2) is 54.6 Å². The van der Waals surface area contributed by atoms with Crippen LogP contribution in [0.25, 0.3) is 5.69 Å². The van der Waals surface area contributed by atoms with Gasteiger partial charge in [0, 0.05) is 6.54 Å². The first-order valence-electron chi connectivity index (χ1n) is 6.80. The summed E-state index contributed by atoms with van der Waals surface area (Å²) in [6.07, 6.45) is 0. The zero-order valence-corrected chi connectivity index (χ0v) is 13.0. The minimum Gasteiger partial charge on any atom is -0.368 e. The maximum Gasteiger partial charge on any atom is 0.244 e. The van der Waals surface area contributed by atoms with Crippen LogP contribution in [0.5, 0.6) is 0 Å². The van der Waals surface area contributed by atoms with Crippen LogP contribution in [0.2, 0.25) is 0 Å². The Labute approximate surface area is 135 Å². The van der Waals surface area contributed by atoms with Gasteiger partial charge in [-0.05, 0) is 30.2 Å². The van der Waals surface area contributed by atoms with E-state index in [0.717, 1.165) is 5.69 Å². The summed E-state index contributed by atoms with van der Waals surface area (Å²) in [5.41, 5.74) is 9.27. The van der Waals surface area contributed by atoms with Gasteiger partial charge in [0.25, 0.3) is 0 Å². The van der Waals surface area contributed by atoms with Crippen molar-refractivity contribution >= 4 is 24.3 Å². The van der Waals surface area contributed by atoms with E-state index in [1.165, 1.54) is 11.1 Å². The maximum absolute atomic E-state index is 5.92. The highest BCUT2D eigenvalue weighted by Gasteiger charge is 2.08. The summed E-state index contributed by atoms with van der Waals surface area (Å²) in [6.45, 7) is 2.76. The first-order valence-corrected chi connectivity index (χ1v) is 6.80.